The zero-order chi connectivity index (χ0) is 11.2. The van der Waals surface area contributed by atoms with Gasteiger partial charge in [-0.1, -0.05) is 0 Å². The highest BCUT2D eigenvalue weighted by Gasteiger charge is 2.50. The zero-order valence-electron chi connectivity index (χ0n) is 10.5. The summed E-state index contributed by atoms with van der Waals surface area (Å²) in [5.74, 6) is 0. The molecule has 0 bridgehead atoms. The van der Waals surface area contributed by atoms with E-state index >= 15 is 0 Å². The van der Waals surface area contributed by atoms with Gasteiger partial charge in [-0.3, -0.25) is 0 Å². The van der Waals surface area contributed by atoms with Gasteiger partial charge in [-0.2, -0.15) is 0 Å². The second-order valence-corrected chi connectivity index (χ2v) is 6.13. The summed E-state index contributed by atoms with van der Waals surface area (Å²) in [6.45, 7) is 2.61. The van der Waals surface area contributed by atoms with Crippen LogP contribution in [0.4, 0.5) is 0 Å². The molecule has 92 valence electrons. The number of ether oxygens (including phenoxy) is 1. The molecule has 2 aliphatic carbocycles. The van der Waals surface area contributed by atoms with Crippen LogP contribution in [0.5, 0.6) is 0 Å². The summed E-state index contributed by atoms with van der Waals surface area (Å²) in [6, 6.07) is 1.53. The molecule has 3 nitrogen and oxygen atoms in total. The van der Waals surface area contributed by atoms with Gasteiger partial charge in [0.25, 0.3) is 0 Å². The van der Waals surface area contributed by atoms with E-state index in [0.717, 1.165) is 12.1 Å². The normalized spacial score (nSPS) is 48.0. The van der Waals surface area contributed by atoms with E-state index < -0.39 is 0 Å². The van der Waals surface area contributed by atoms with Gasteiger partial charge in [0.05, 0.1) is 6.10 Å². The first-order chi connectivity index (χ1) is 7.72. The fraction of sp³-hybridized carbons (Fsp3) is 1.00. The molecule has 3 aliphatic rings. The predicted molar refractivity (Wildman–Crippen MR) is 64.5 cm³/mol. The van der Waals surface area contributed by atoms with Crippen molar-refractivity contribution in [1.82, 2.24) is 10.2 Å². The molecule has 1 N–H and O–H groups in total. The Morgan fingerprint density at radius 1 is 1.31 bits per heavy atom. The number of hydrogen-bond donors (Lipinski definition) is 1. The van der Waals surface area contributed by atoms with Gasteiger partial charge in [-0.15, -0.1) is 0 Å². The summed E-state index contributed by atoms with van der Waals surface area (Å²) in [5.41, 5.74) is 0.632. The Morgan fingerprint density at radius 3 is 2.62 bits per heavy atom. The lowest BCUT2D eigenvalue weighted by molar-refractivity contribution is -0.00962. The van der Waals surface area contributed by atoms with Crippen molar-refractivity contribution in [1.29, 1.82) is 0 Å². The maximum atomic E-state index is 5.34. The molecule has 1 saturated heterocycles. The molecule has 0 aromatic rings. The van der Waals surface area contributed by atoms with Gasteiger partial charge in [0, 0.05) is 25.7 Å². The Bertz CT molecular complexity index is 265. The van der Waals surface area contributed by atoms with Crippen LogP contribution in [-0.2, 0) is 4.74 Å². The number of rotatable bonds is 3. The van der Waals surface area contributed by atoms with Crippen LogP contribution in [0.3, 0.4) is 0 Å². The molecule has 1 heterocycles. The summed E-state index contributed by atoms with van der Waals surface area (Å²) < 4.78 is 5.34. The third kappa shape index (κ3) is 1.69. The number of hydrogen-bond acceptors (Lipinski definition) is 3. The van der Waals surface area contributed by atoms with Crippen LogP contribution < -0.4 is 5.32 Å². The van der Waals surface area contributed by atoms with Gasteiger partial charge < -0.3 is 15.0 Å². The third-order valence-electron chi connectivity index (χ3n) is 5.11. The second-order valence-electron chi connectivity index (χ2n) is 6.13. The summed E-state index contributed by atoms with van der Waals surface area (Å²) in [4.78, 5) is 2.49. The fourth-order valence-corrected chi connectivity index (χ4v) is 3.73. The van der Waals surface area contributed by atoms with E-state index in [9.17, 15) is 0 Å². The fourth-order valence-electron chi connectivity index (χ4n) is 3.73. The minimum atomic E-state index is 0.528. The van der Waals surface area contributed by atoms with Crippen molar-refractivity contribution in [2.75, 3.05) is 27.2 Å². The van der Waals surface area contributed by atoms with Crippen LogP contribution in [0.25, 0.3) is 0 Å². The summed E-state index contributed by atoms with van der Waals surface area (Å²) in [5, 5.41) is 3.86. The molecule has 0 amide bonds. The Labute approximate surface area is 98.5 Å². The predicted octanol–water partition coefficient (Wildman–Crippen LogP) is 1.24. The molecular weight excluding hydrogens is 200 g/mol. The molecule has 0 radical (unpaired) electrons. The molecule has 2 atom stereocenters. The maximum Gasteiger partial charge on any atom is 0.0601 e. The highest BCUT2D eigenvalue weighted by molar-refractivity contribution is 5.07. The van der Waals surface area contributed by atoms with Crippen LogP contribution >= 0.6 is 0 Å². The first-order valence-corrected chi connectivity index (χ1v) is 6.69. The third-order valence-corrected chi connectivity index (χ3v) is 5.11. The number of likely N-dealkylation sites (tertiary alicyclic amines) is 1. The topological polar surface area (TPSA) is 24.5 Å². The first kappa shape index (κ1) is 11.0. The average Bonchev–Trinajstić information content (AvgIpc) is 2.59. The van der Waals surface area contributed by atoms with E-state index in [2.05, 4.69) is 17.3 Å². The highest BCUT2D eigenvalue weighted by atomic mass is 16.5. The van der Waals surface area contributed by atoms with E-state index in [1.807, 2.05) is 7.11 Å². The number of methoxy groups -OCH3 is 1. The summed E-state index contributed by atoms with van der Waals surface area (Å²) in [6.07, 6.45) is 7.21. The first-order valence-electron chi connectivity index (χ1n) is 6.69. The van der Waals surface area contributed by atoms with Crippen molar-refractivity contribution < 1.29 is 4.74 Å². The van der Waals surface area contributed by atoms with E-state index in [4.69, 9.17) is 4.74 Å². The number of nitrogens with zero attached hydrogens (tertiary/aromatic N) is 1. The molecule has 16 heavy (non-hydrogen) atoms. The molecule has 1 spiro atoms. The van der Waals surface area contributed by atoms with Crippen molar-refractivity contribution in [2.24, 2.45) is 5.41 Å². The Morgan fingerprint density at radius 2 is 2.12 bits per heavy atom. The quantitative estimate of drug-likeness (QED) is 0.780. The molecule has 3 fully saturated rings. The van der Waals surface area contributed by atoms with Crippen molar-refractivity contribution >= 4 is 0 Å². The van der Waals surface area contributed by atoms with Crippen molar-refractivity contribution in [3.8, 4) is 0 Å². The molecular formula is C13H24N2O. The summed E-state index contributed by atoms with van der Waals surface area (Å²) >= 11 is 0. The molecule has 1 aliphatic heterocycles. The molecule has 3 heteroatoms. The van der Waals surface area contributed by atoms with Crippen LogP contribution in [0.2, 0.25) is 0 Å². The Kier molecular flexibility index (Phi) is 2.73. The highest BCUT2D eigenvalue weighted by Crippen LogP contribution is 2.48. The van der Waals surface area contributed by atoms with Gasteiger partial charge in [0.1, 0.15) is 0 Å². The van der Waals surface area contributed by atoms with E-state index in [1.165, 1.54) is 45.2 Å². The molecule has 2 saturated carbocycles. The minimum absolute atomic E-state index is 0.528. The van der Waals surface area contributed by atoms with Gasteiger partial charge in [0.15, 0.2) is 0 Å². The second kappa shape index (κ2) is 3.97. The van der Waals surface area contributed by atoms with Crippen LogP contribution in [0, 0.1) is 5.41 Å². The minimum Gasteiger partial charge on any atom is -0.381 e. The molecule has 0 aromatic heterocycles. The Balaban J connectivity index is 1.50. The van der Waals surface area contributed by atoms with Crippen molar-refractivity contribution in [2.45, 2.75) is 50.3 Å². The van der Waals surface area contributed by atoms with E-state index in [0.29, 0.717) is 11.5 Å². The lowest BCUT2D eigenvalue weighted by atomic mass is 9.63. The Hall–Kier alpha value is -0.120. The maximum absolute atomic E-state index is 5.34. The zero-order valence-corrected chi connectivity index (χ0v) is 10.5. The van der Waals surface area contributed by atoms with Crippen molar-refractivity contribution in [3.05, 3.63) is 0 Å². The van der Waals surface area contributed by atoms with E-state index in [-0.39, 0.29) is 0 Å². The van der Waals surface area contributed by atoms with Gasteiger partial charge in [-0.05, 0) is 51.1 Å². The lowest BCUT2D eigenvalue weighted by Gasteiger charge is -2.51. The van der Waals surface area contributed by atoms with Crippen molar-refractivity contribution in [3.63, 3.8) is 0 Å². The van der Waals surface area contributed by atoms with Crippen LogP contribution in [0.15, 0.2) is 0 Å². The van der Waals surface area contributed by atoms with Crippen LogP contribution in [-0.4, -0.2) is 50.3 Å². The average molecular weight is 224 g/mol. The molecule has 2 unspecified atom stereocenters. The largest absolute Gasteiger partial charge is 0.381 e. The molecule has 0 aromatic carbocycles. The lowest BCUT2D eigenvalue weighted by Crippen LogP contribution is -2.60. The van der Waals surface area contributed by atoms with Gasteiger partial charge in [0.2, 0.25) is 0 Å². The monoisotopic (exact) mass is 224 g/mol. The smallest absolute Gasteiger partial charge is 0.0601 e. The van der Waals surface area contributed by atoms with Gasteiger partial charge in [-0.25, -0.2) is 0 Å². The van der Waals surface area contributed by atoms with Crippen LogP contribution in [0.1, 0.15) is 32.1 Å². The van der Waals surface area contributed by atoms with Gasteiger partial charge >= 0.3 is 0 Å². The van der Waals surface area contributed by atoms with E-state index in [1.54, 1.807) is 0 Å². The standard InChI is InChI=1S/C13H24N2O/c1-15-6-5-13(9-15)4-3-12(13)14-10-7-11(8-10)16-2/h10-12,14H,3-9H2,1-2H3. The SMILES string of the molecule is COC1CC(NC2CCC23CCN(C)C3)C1. The number of nitrogens with one attached hydrogen (secondary N) is 1. The summed E-state index contributed by atoms with van der Waals surface area (Å²) in [7, 11) is 4.09. The molecule has 3 rings (SSSR count).